The number of hydrogen-bond donors (Lipinski definition) is 2. The van der Waals surface area contributed by atoms with Crippen LogP contribution in [0.1, 0.15) is 49.1 Å². The number of nitrogens with one attached hydrogen (secondary N) is 2. The number of hydrogen-bond acceptors (Lipinski definition) is 5. The van der Waals surface area contributed by atoms with Crippen LogP contribution in [0, 0.1) is 5.82 Å². The predicted molar refractivity (Wildman–Crippen MR) is 112 cm³/mol. The van der Waals surface area contributed by atoms with Crippen molar-refractivity contribution in [1.82, 2.24) is 10.3 Å². The molecule has 2 heterocycles. The summed E-state index contributed by atoms with van der Waals surface area (Å²) in [7, 11) is 0. The Morgan fingerprint density at radius 2 is 1.90 bits per heavy atom. The SMILES string of the molecule is O=c1[nH]c2ccc(C3CCC(NCC4CC(c5ccc(F)cc5)=NO4)CC3)cc2o1. The molecule has 156 valence electrons. The maximum Gasteiger partial charge on any atom is 0.417 e. The highest BCUT2D eigenvalue weighted by atomic mass is 19.1. The summed E-state index contributed by atoms with van der Waals surface area (Å²) in [5.74, 6) is -0.163. The van der Waals surface area contributed by atoms with Crippen molar-refractivity contribution in [2.24, 2.45) is 5.16 Å². The molecule has 1 atom stereocenters. The van der Waals surface area contributed by atoms with E-state index in [0.29, 0.717) is 17.5 Å². The summed E-state index contributed by atoms with van der Waals surface area (Å²) in [5.41, 5.74) is 4.40. The smallest absolute Gasteiger partial charge is 0.408 e. The Bertz CT molecular complexity index is 1110. The van der Waals surface area contributed by atoms with Gasteiger partial charge in [0.15, 0.2) is 5.58 Å². The summed E-state index contributed by atoms with van der Waals surface area (Å²) in [6, 6.07) is 12.9. The Morgan fingerprint density at radius 1 is 1.10 bits per heavy atom. The molecule has 1 saturated carbocycles. The van der Waals surface area contributed by atoms with Gasteiger partial charge >= 0.3 is 5.76 Å². The highest BCUT2D eigenvalue weighted by molar-refractivity contribution is 6.01. The van der Waals surface area contributed by atoms with E-state index in [2.05, 4.69) is 21.5 Å². The third kappa shape index (κ3) is 4.03. The van der Waals surface area contributed by atoms with Gasteiger partial charge in [-0.05, 0) is 67.0 Å². The van der Waals surface area contributed by atoms with Gasteiger partial charge in [-0.15, -0.1) is 0 Å². The van der Waals surface area contributed by atoms with E-state index in [-0.39, 0.29) is 11.9 Å². The van der Waals surface area contributed by atoms with E-state index in [1.54, 1.807) is 12.1 Å². The molecule has 1 aromatic heterocycles. The molecule has 30 heavy (non-hydrogen) atoms. The standard InChI is InChI=1S/C23H24FN3O3/c24-17-6-1-15(2-7-17)21-12-19(30-27-21)13-25-18-8-3-14(4-9-18)16-5-10-20-22(11-16)29-23(28)26-20/h1-2,5-7,10-11,14,18-19,25H,3-4,8-9,12-13H2,(H,26,28). The Kier molecular flexibility index (Phi) is 5.12. The lowest BCUT2D eigenvalue weighted by molar-refractivity contribution is 0.0811. The number of rotatable bonds is 5. The Labute approximate surface area is 173 Å². The van der Waals surface area contributed by atoms with Crippen LogP contribution >= 0.6 is 0 Å². The molecule has 0 spiro atoms. The molecule has 1 aliphatic heterocycles. The zero-order chi connectivity index (χ0) is 20.5. The Balaban J connectivity index is 1.10. The lowest BCUT2D eigenvalue weighted by atomic mass is 9.81. The fourth-order valence-electron chi connectivity index (χ4n) is 4.50. The average molecular weight is 409 g/mol. The van der Waals surface area contributed by atoms with Crippen molar-refractivity contribution in [2.45, 2.75) is 50.2 Å². The highest BCUT2D eigenvalue weighted by Crippen LogP contribution is 2.34. The molecule has 2 aromatic carbocycles. The molecule has 2 aliphatic rings. The molecule has 3 aromatic rings. The summed E-state index contributed by atoms with van der Waals surface area (Å²) in [4.78, 5) is 19.6. The van der Waals surface area contributed by atoms with Crippen LogP contribution in [0.15, 0.2) is 56.8 Å². The maximum atomic E-state index is 13.1. The topological polar surface area (TPSA) is 79.6 Å². The van der Waals surface area contributed by atoms with Crippen LogP contribution in [0.3, 0.4) is 0 Å². The summed E-state index contributed by atoms with van der Waals surface area (Å²) >= 11 is 0. The minimum absolute atomic E-state index is 0.0154. The van der Waals surface area contributed by atoms with E-state index in [4.69, 9.17) is 9.25 Å². The first-order valence-electron chi connectivity index (χ1n) is 10.5. The van der Waals surface area contributed by atoms with Crippen LogP contribution in [-0.4, -0.2) is 29.4 Å². The van der Waals surface area contributed by atoms with Crippen molar-refractivity contribution in [3.8, 4) is 0 Å². The van der Waals surface area contributed by atoms with E-state index in [9.17, 15) is 9.18 Å². The average Bonchev–Trinajstić information content (AvgIpc) is 3.38. The number of aromatic amines is 1. The third-order valence-electron chi connectivity index (χ3n) is 6.19. The van der Waals surface area contributed by atoms with E-state index in [0.717, 1.165) is 55.4 Å². The predicted octanol–water partition coefficient (Wildman–Crippen LogP) is 4.07. The van der Waals surface area contributed by atoms with Crippen LogP contribution in [0.5, 0.6) is 0 Å². The van der Waals surface area contributed by atoms with Crippen LogP contribution in [-0.2, 0) is 4.84 Å². The molecular weight excluding hydrogens is 385 g/mol. The van der Waals surface area contributed by atoms with Gasteiger partial charge in [0.25, 0.3) is 0 Å². The first-order valence-corrected chi connectivity index (χ1v) is 10.5. The van der Waals surface area contributed by atoms with Gasteiger partial charge < -0.3 is 14.6 Å². The number of oxazole rings is 1. The summed E-state index contributed by atoms with van der Waals surface area (Å²) in [6.07, 6.45) is 5.13. The molecule has 1 aliphatic carbocycles. The molecule has 5 rings (SSSR count). The minimum Gasteiger partial charge on any atom is -0.408 e. The number of oxime groups is 1. The molecule has 6 nitrogen and oxygen atoms in total. The number of aromatic nitrogens is 1. The second kappa shape index (κ2) is 8.07. The molecule has 7 heteroatoms. The second-order valence-electron chi connectivity index (χ2n) is 8.20. The van der Waals surface area contributed by atoms with Crippen LogP contribution in [0.4, 0.5) is 4.39 Å². The van der Waals surface area contributed by atoms with Gasteiger partial charge in [-0.25, -0.2) is 9.18 Å². The van der Waals surface area contributed by atoms with Gasteiger partial charge in [-0.1, -0.05) is 23.4 Å². The van der Waals surface area contributed by atoms with Gasteiger partial charge in [-0.2, -0.15) is 0 Å². The quantitative estimate of drug-likeness (QED) is 0.666. The van der Waals surface area contributed by atoms with Gasteiger partial charge in [0.05, 0.1) is 11.2 Å². The largest absolute Gasteiger partial charge is 0.417 e. The number of fused-ring (bicyclic) bond motifs is 1. The molecule has 2 N–H and O–H groups in total. The number of H-pyrrole nitrogens is 1. The lowest BCUT2D eigenvalue weighted by Crippen LogP contribution is -2.38. The number of nitrogens with zero attached hydrogens (tertiary/aromatic N) is 1. The van der Waals surface area contributed by atoms with Crippen molar-refractivity contribution >= 4 is 16.8 Å². The van der Waals surface area contributed by atoms with Crippen LogP contribution in [0.2, 0.25) is 0 Å². The normalized spacial score (nSPS) is 24.0. The van der Waals surface area contributed by atoms with Crippen molar-refractivity contribution in [3.63, 3.8) is 0 Å². The zero-order valence-corrected chi connectivity index (χ0v) is 16.6. The zero-order valence-electron chi connectivity index (χ0n) is 16.6. The first-order chi connectivity index (χ1) is 14.6. The number of halogens is 1. The van der Waals surface area contributed by atoms with Crippen molar-refractivity contribution in [2.75, 3.05) is 6.54 Å². The van der Waals surface area contributed by atoms with Crippen molar-refractivity contribution in [1.29, 1.82) is 0 Å². The molecule has 0 radical (unpaired) electrons. The summed E-state index contributed by atoms with van der Waals surface area (Å²) in [5, 5.41) is 7.81. The van der Waals surface area contributed by atoms with Gasteiger partial charge in [0, 0.05) is 19.0 Å². The fourth-order valence-corrected chi connectivity index (χ4v) is 4.50. The lowest BCUT2D eigenvalue weighted by Gasteiger charge is -2.30. The van der Waals surface area contributed by atoms with Gasteiger partial charge in [0.2, 0.25) is 0 Å². The first kappa shape index (κ1) is 19.1. The monoisotopic (exact) mass is 409 g/mol. The van der Waals surface area contributed by atoms with Gasteiger partial charge in [-0.3, -0.25) is 4.98 Å². The maximum absolute atomic E-state index is 13.1. The van der Waals surface area contributed by atoms with E-state index in [1.165, 1.54) is 17.7 Å². The second-order valence-corrected chi connectivity index (χ2v) is 8.20. The van der Waals surface area contributed by atoms with Crippen LogP contribution < -0.4 is 11.1 Å². The number of benzene rings is 2. The van der Waals surface area contributed by atoms with E-state index in [1.807, 2.05) is 12.1 Å². The Hall–Kier alpha value is -2.93. The van der Waals surface area contributed by atoms with Crippen molar-refractivity contribution < 1.29 is 13.6 Å². The van der Waals surface area contributed by atoms with Crippen molar-refractivity contribution in [3.05, 3.63) is 70.0 Å². The molecule has 0 amide bonds. The van der Waals surface area contributed by atoms with Gasteiger partial charge in [0.1, 0.15) is 11.9 Å². The molecule has 1 fully saturated rings. The fraction of sp³-hybridized carbons (Fsp3) is 0.391. The molecule has 1 unspecified atom stereocenters. The molecule has 0 saturated heterocycles. The minimum atomic E-state index is -0.407. The van der Waals surface area contributed by atoms with E-state index >= 15 is 0 Å². The third-order valence-corrected chi connectivity index (χ3v) is 6.19. The summed E-state index contributed by atoms with van der Waals surface area (Å²) in [6.45, 7) is 0.754. The highest BCUT2D eigenvalue weighted by Gasteiger charge is 2.26. The molecule has 0 bridgehead atoms. The summed E-state index contributed by atoms with van der Waals surface area (Å²) < 4.78 is 18.3. The van der Waals surface area contributed by atoms with E-state index < -0.39 is 5.76 Å². The molecular formula is C23H24FN3O3. The van der Waals surface area contributed by atoms with Crippen LogP contribution in [0.25, 0.3) is 11.1 Å². The Morgan fingerprint density at radius 3 is 2.70 bits per heavy atom.